The monoisotopic (exact) mass is 408 g/mol. The normalized spacial score (nSPS) is 18.0. The summed E-state index contributed by atoms with van der Waals surface area (Å²) in [4.78, 5) is 17.5. The third-order valence-corrected chi connectivity index (χ3v) is 6.14. The largest absolute Gasteiger partial charge is 0.497 e. The number of nitrogens with zero attached hydrogens (tertiary/aromatic N) is 2. The first-order valence-corrected chi connectivity index (χ1v) is 10.4. The number of anilines is 2. The lowest BCUT2D eigenvalue weighted by Crippen LogP contribution is -2.65. The maximum absolute atomic E-state index is 13.5. The van der Waals surface area contributed by atoms with Crippen molar-refractivity contribution >= 4 is 28.1 Å². The zero-order chi connectivity index (χ0) is 21.4. The van der Waals surface area contributed by atoms with Gasteiger partial charge in [0.2, 0.25) is 0 Å². The molecule has 2 unspecified atom stereocenters. The number of likely N-dealkylation sites (N-methyl/N-ethyl adjacent to an activating group) is 1. The number of benzene rings is 4. The van der Waals surface area contributed by atoms with Crippen LogP contribution in [0.25, 0.3) is 10.8 Å². The van der Waals surface area contributed by atoms with Crippen molar-refractivity contribution in [3.63, 3.8) is 0 Å². The Balaban J connectivity index is 1.62. The summed E-state index contributed by atoms with van der Waals surface area (Å²) in [6.07, 6.45) is 0. The molecule has 0 saturated carbocycles. The molecule has 0 bridgehead atoms. The van der Waals surface area contributed by atoms with E-state index < -0.39 is 0 Å². The lowest BCUT2D eigenvalue weighted by molar-refractivity contribution is -0.126. The molecule has 1 saturated heterocycles. The van der Waals surface area contributed by atoms with Gasteiger partial charge in [-0.2, -0.15) is 0 Å². The highest BCUT2D eigenvalue weighted by atomic mass is 16.5. The summed E-state index contributed by atoms with van der Waals surface area (Å²) in [5.41, 5.74) is 3.06. The van der Waals surface area contributed by atoms with E-state index in [0.717, 1.165) is 22.7 Å². The van der Waals surface area contributed by atoms with Crippen LogP contribution in [0.15, 0.2) is 97.1 Å². The highest BCUT2D eigenvalue weighted by Crippen LogP contribution is 2.44. The summed E-state index contributed by atoms with van der Waals surface area (Å²) in [5, 5.41) is 2.35. The third-order valence-electron chi connectivity index (χ3n) is 6.14. The summed E-state index contributed by atoms with van der Waals surface area (Å²) >= 11 is 0. The van der Waals surface area contributed by atoms with E-state index in [4.69, 9.17) is 4.74 Å². The number of hydrogen-bond donors (Lipinski definition) is 0. The van der Waals surface area contributed by atoms with Crippen molar-refractivity contribution in [2.75, 3.05) is 24.0 Å². The molecule has 1 aliphatic rings. The summed E-state index contributed by atoms with van der Waals surface area (Å²) in [6, 6.07) is 32.1. The summed E-state index contributed by atoms with van der Waals surface area (Å²) in [5.74, 6) is 0.867. The van der Waals surface area contributed by atoms with E-state index in [2.05, 4.69) is 41.3 Å². The van der Waals surface area contributed by atoms with Crippen LogP contribution in [-0.2, 0) is 4.79 Å². The zero-order valence-electron chi connectivity index (χ0n) is 17.6. The van der Waals surface area contributed by atoms with Crippen molar-refractivity contribution in [1.82, 2.24) is 0 Å². The Kier molecular flexibility index (Phi) is 4.83. The maximum atomic E-state index is 13.5. The minimum atomic E-state index is -0.282. The molecule has 1 amide bonds. The predicted molar refractivity (Wildman–Crippen MR) is 126 cm³/mol. The van der Waals surface area contributed by atoms with Crippen molar-refractivity contribution in [1.29, 1.82) is 0 Å². The number of fused-ring (bicyclic) bond motifs is 1. The minimum Gasteiger partial charge on any atom is -0.497 e. The molecule has 0 aromatic heterocycles. The third kappa shape index (κ3) is 3.21. The highest BCUT2D eigenvalue weighted by Gasteiger charge is 2.51. The smallest absolute Gasteiger partial charge is 0.252 e. The van der Waals surface area contributed by atoms with Crippen LogP contribution in [0, 0.1) is 0 Å². The topological polar surface area (TPSA) is 32.8 Å². The number of ether oxygens (including phenoxy) is 1. The van der Waals surface area contributed by atoms with E-state index in [1.165, 1.54) is 10.8 Å². The highest BCUT2D eigenvalue weighted by molar-refractivity contribution is 6.09. The molecule has 0 N–H and O–H groups in total. The molecule has 1 fully saturated rings. The van der Waals surface area contributed by atoms with Gasteiger partial charge in [0.25, 0.3) is 5.91 Å². The van der Waals surface area contributed by atoms with E-state index in [1.807, 2.05) is 72.6 Å². The van der Waals surface area contributed by atoms with Crippen LogP contribution in [0.1, 0.15) is 11.6 Å². The summed E-state index contributed by atoms with van der Waals surface area (Å²) in [7, 11) is 3.65. The fourth-order valence-electron chi connectivity index (χ4n) is 4.52. The maximum Gasteiger partial charge on any atom is 0.252 e. The average molecular weight is 409 g/mol. The van der Waals surface area contributed by atoms with Gasteiger partial charge in [0, 0.05) is 18.4 Å². The fraction of sp³-hybridized carbons (Fsp3) is 0.148. The lowest BCUT2D eigenvalue weighted by Gasteiger charge is -2.51. The molecule has 31 heavy (non-hydrogen) atoms. The van der Waals surface area contributed by atoms with Gasteiger partial charge < -0.3 is 14.5 Å². The van der Waals surface area contributed by atoms with Gasteiger partial charge in [0.05, 0.1) is 13.2 Å². The van der Waals surface area contributed by atoms with E-state index >= 15 is 0 Å². The minimum absolute atomic E-state index is 0.0921. The number of hydrogen-bond acceptors (Lipinski definition) is 3. The van der Waals surface area contributed by atoms with Gasteiger partial charge in [-0.25, -0.2) is 0 Å². The number of β-lactam (4-membered cyclic amide) rings is 1. The summed E-state index contributed by atoms with van der Waals surface area (Å²) < 4.78 is 5.30. The molecule has 2 atom stereocenters. The van der Waals surface area contributed by atoms with Crippen LogP contribution < -0.4 is 14.5 Å². The molecule has 4 aromatic rings. The van der Waals surface area contributed by atoms with Crippen LogP contribution >= 0.6 is 0 Å². The molecule has 154 valence electrons. The zero-order valence-corrected chi connectivity index (χ0v) is 17.6. The Morgan fingerprint density at radius 1 is 0.806 bits per heavy atom. The van der Waals surface area contributed by atoms with E-state index in [9.17, 15) is 4.79 Å². The first-order valence-electron chi connectivity index (χ1n) is 10.4. The Morgan fingerprint density at radius 2 is 1.48 bits per heavy atom. The fourth-order valence-corrected chi connectivity index (χ4v) is 4.52. The molecule has 5 rings (SSSR count). The second-order valence-electron chi connectivity index (χ2n) is 7.81. The van der Waals surface area contributed by atoms with Crippen molar-refractivity contribution in [3.05, 3.63) is 103 Å². The first-order chi connectivity index (χ1) is 15.2. The summed E-state index contributed by atoms with van der Waals surface area (Å²) in [6.45, 7) is 0. The molecule has 1 aliphatic heterocycles. The van der Waals surface area contributed by atoms with Gasteiger partial charge in [-0.15, -0.1) is 0 Å². The number of methoxy groups -OCH3 is 1. The number of carbonyl (C=O) groups is 1. The van der Waals surface area contributed by atoms with Crippen molar-refractivity contribution in [3.8, 4) is 5.75 Å². The van der Waals surface area contributed by atoms with Crippen molar-refractivity contribution in [2.45, 2.75) is 12.1 Å². The second-order valence-corrected chi connectivity index (χ2v) is 7.81. The molecule has 4 heteroatoms. The van der Waals surface area contributed by atoms with Crippen LogP contribution in [0.2, 0.25) is 0 Å². The van der Waals surface area contributed by atoms with Crippen LogP contribution in [0.5, 0.6) is 5.75 Å². The number of para-hydroxylation sites is 1. The molecular formula is C27H24N2O2. The first kappa shape index (κ1) is 19.2. The van der Waals surface area contributed by atoms with Crippen molar-refractivity contribution in [2.24, 2.45) is 0 Å². The Morgan fingerprint density at radius 3 is 2.23 bits per heavy atom. The number of carbonyl (C=O) groups excluding carboxylic acids is 1. The average Bonchev–Trinajstić information content (AvgIpc) is 2.83. The van der Waals surface area contributed by atoms with E-state index in [1.54, 1.807) is 7.11 Å². The van der Waals surface area contributed by atoms with Gasteiger partial charge in [-0.05, 0) is 52.7 Å². The van der Waals surface area contributed by atoms with E-state index in [-0.39, 0.29) is 18.0 Å². The van der Waals surface area contributed by atoms with Gasteiger partial charge in [-0.3, -0.25) is 4.79 Å². The molecule has 4 nitrogen and oxygen atoms in total. The van der Waals surface area contributed by atoms with Crippen LogP contribution in [-0.4, -0.2) is 26.1 Å². The molecular weight excluding hydrogens is 384 g/mol. The molecule has 1 heterocycles. The van der Waals surface area contributed by atoms with Gasteiger partial charge in [0.1, 0.15) is 11.8 Å². The standard InChI is InChI=1S/C27H24N2O2/c1-28(20-11-4-3-5-12-20)26-25(24-14-8-10-19-9-6-7-13-23(19)24)29(27(26)30)21-15-17-22(31-2)18-16-21/h3-18,25-26H,1-2H3. The Hall–Kier alpha value is -3.79. The lowest BCUT2D eigenvalue weighted by atomic mass is 9.84. The van der Waals surface area contributed by atoms with Gasteiger partial charge in [-0.1, -0.05) is 60.7 Å². The Labute approximate surface area is 182 Å². The van der Waals surface area contributed by atoms with E-state index in [0.29, 0.717) is 0 Å². The SMILES string of the molecule is COc1ccc(N2C(=O)C(N(C)c3ccccc3)C2c2cccc3ccccc23)cc1. The number of amides is 1. The molecule has 0 radical (unpaired) electrons. The predicted octanol–water partition coefficient (Wildman–Crippen LogP) is 5.44. The quantitative estimate of drug-likeness (QED) is 0.412. The molecule has 0 spiro atoms. The van der Waals surface area contributed by atoms with Crippen LogP contribution in [0.4, 0.5) is 11.4 Å². The molecule has 4 aromatic carbocycles. The van der Waals surface area contributed by atoms with Gasteiger partial charge in [0.15, 0.2) is 0 Å². The second kappa shape index (κ2) is 7.80. The number of rotatable bonds is 5. The van der Waals surface area contributed by atoms with Crippen molar-refractivity contribution < 1.29 is 9.53 Å². The van der Waals surface area contributed by atoms with Gasteiger partial charge >= 0.3 is 0 Å². The molecule has 0 aliphatic carbocycles. The Bertz CT molecular complexity index is 1220. The van der Waals surface area contributed by atoms with Crippen LogP contribution in [0.3, 0.4) is 0 Å².